The summed E-state index contributed by atoms with van der Waals surface area (Å²) in [5, 5.41) is 0. The molecule has 0 aliphatic carbocycles. The van der Waals surface area contributed by atoms with E-state index in [0.29, 0.717) is 0 Å². The molecule has 0 bridgehead atoms. The number of nitrogens with zero attached hydrogens (tertiary/aromatic N) is 1. The van der Waals surface area contributed by atoms with Crippen molar-refractivity contribution in [2.24, 2.45) is 0 Å². The Labute approximate surface area is 64.6 Å². The molecule has 0 amide bonds. The average molecular weight is 188 g/mol. The minimum absolute atomic E-state index is 0.448. The largest absolute Gasteiger partial charge is 0.331 e. The summed E-state index contributed by atoms with van der Waals surface area (Å²) in [6.07, 6.45) is 1.18. The monoisotopic (exact) mass is 187 g/mol. The van der Waals surface area contributed by atoms with Crippen molar-refractivity contribution in [3.05, 3.63) is 0 Å². The molecule has 0 spiro atoms. The molecule has 0 N–H and O–H groups in total. The van der Waals surface area contributed by atoms with Crippen LogP contribution in [-0.4, -0.2) is 28.8 Å². The molecule has 0 aliphatic rings. The van der Waals surface area contributed by atoms with E-state index in [2.05, 4.69) is 11.2 Å². The van der Waals surface area contributed by atoms with Gasteiger partial charge in [0.1, 0.15) is 0 Å². The van der Waals surface area contributed by atoms with Crippen LogP contribution in [0.3, 0.4) is 0 Å². The molecule has 5 heteroatoms. The van der Waals surface area contributed by atoms with Crippen molar-refractivity contribution in [1.82, 2.24) is 4.23 Å². The normalized spacial score (nSPS) is 13.5. The predicted octanol–water partition coefficient (Wildman–Crippen LogP) is 0.174. The summed E-state index contributed by atoms with van der Waals surface area (Å²) in [5.41, 5.74) is 0. The lowest BCUT2D eigenvalue weighted by Crippen LogP contribution is -2.26. The van der Waals surface area contributed by atoms with E-state index in [4.69, 9.17) is 22.2 Å². The molecule has 0 rings (SSSR count). The Kier molecular flexibility index (Phi) is 6.84. The van der Waals surface area contributed by atoms with Crippen LogP contribution in [0.2, 0.25) is 0 Å². The fraction of sp³-hybridized carbons (Fsp3) is 1.00. The van der Waals surface area contributed by atoms with Crippen LogP contribution in [0.5, 0.6) is 0 Å². The van der Waals surface area contributed by atoms with Crippen LogP contribution in [0.4, 0.5) is 0 Å². The molecule has 0 atom stereocenters. The lowest BCUT2D eigenvalue weighted by atomic mass is 10.5. The van der Waals surface area contributed by atoms with Crippen LogP contribution < -0.4 is 0 Å². The van der Waals surface area contributed by atoms with Gasteiger partial charge in [0.05, 0.1) is 0 Å². The Morgan fingerprint density at radius 2 is 1.88 bits per heavy atom. The second-order valence-corrected chi connectivity index (χ2v) is 6.23. The number of hydrogen-bond acceptors (Lipinski definition) is 1. The van der Waals surface area contributed by atoms with Gasteiger partial charge >= 0.3 is 0 Å². The standard InChI is InChI=1S/C3H11Cl2NSi2/c1-2-3-6(7-4)8-5/h2-3,7-8H2,1H3. The zero-order valence-corrected chi connectivity index (χ0v) is 9.37. The van der Waals surface area contributed by atoms with Crippen LogP contribution in [0.1, 0.15) is 13.3 Å². The van der Waals surface area contributed by atoms with Gasteiger partial charge in [0, 0.05) is 0 Å². The van der Waals surface area contributed by atoms with Crippen LogP contribution in [-0.2, 0) is 0 Å². The smallest absolute Gasteiger partial charge is 0.192 e. The predicted molar refractivity (Wildman–Crippen MR) is 45.8 cm³/mol. The molecule has 0 radical (unpaired) electrons. The van der Waals surface area contributed by atoms with Crippen molar-refractivity contribution >= 4 is 40.1 Å². The zero-order chi connectivity index (χ0) is 6.41. The van der Waals surface area contributed by atoms with E-state index in [1.54, 1.807) is 0 Å². The highest BCUT2D eigenvalue weighted by Crippen LogP contribution is 1.89. The van der Waals surface area contributed by atoms with Gasteiger partial charge in [-0.2, -0.15) is 22.2 Å². The van der Waals surface area contributed by atoms with Gasteiger partial charge in [0.15, 0.2) is 18.0 Å². The first-order valence-electron chi connectivity index (χ1n) is 2.69. The fourth-order valence-electron chi connectivity index (χ4n) is 0.468. The van der Waals surface area contributed by atoms with E-state index in [1.807, 2.05) is 0 Å². The first-order chi connectivity index (χ1) is 3.85. The first kappa shape index (κ1) is 8.97. The van der Waals surface area contributed by atoms with E-state index in [1.165, 1.54) is 6.42 Å². The SMILES string of the molecule is CCCN([SiH2]Cl)[SiH2]Cl. The molecular weight excluding hydrogens is 177 g/mol. The second kappa shape index (κ2) is 6.10. The van der Waals surface area contributed by atoms with Crippen molar-refractivity contribution < 1.29 is 0 Å². The van der Waals surface area contributed by atoms with Crippen molar-refractivity contribution in [3.8, 4) is 0 Å². The molecule has 0 heterocycles. The van der Waals surface area contributed by atoms with Gasteiger partial charge in [-0.05, 0) is 13.0 Å². The minimum Gasteiger partial charge on any atom is -0.331 e. The van der Waals surface area contributed by atoms with Crippen LogP contribution in [0.25, 0.3) is 0 Å². The number of rotatable bonds is 4. The Morgan fingerprint density at radius 1 is 1.38 bits per heavy atom. The van der Waals surface area contributed by atoms with E-state index in [-0.39, 0.29) is 0 Å². The molecule has 8 heavy (non-hydrogen) atoms. The van der Waals surface area contributed by atoms with Crippen molar-refractivity contribution in [3.63, 3.8) is 0 Å². The maximum absolute atomic E-state index is 5.66. The van der Waals surface area contributed by atoms with Gasteiger partial charge in [-0.3, -0.25) is 0 Å². The van der Waals surface area contributed by atoms with E-state index in [0.717, 1.165) is 6.54 Å². The number of halogens is 2. The lowest BCUT2D eigenvalue weighted by molar-refractivity contribution is 0.668. The highest BCUT2D eigenvalue weighted by atomic mass is 35.6. The average Bonchev–Trinajstić information content (AvgIpc) is 1.83. The van der Waals surface area contributed by atoms with Crippen molar-refractivity contribution in [2.75, 3.05) is 6.54 Å². The molecule has 0 unspecified atom stereocenters. The van der Waals surface area contributed by atoms with Crippen LogP contribution in [0.15, 0.2) is 0 Å². The van der Waals surface area contributed by atoms with E-state index in [9.17, 15) is 0 Å². The molecule has 0 aromatic heterocycles. The highest BCUT2D eigenvalue weighted by Gasteiger charge is 1.97. The first-order valence-corrected chi connectivity index (χ1v) is 8.23. The minimum atomic E-state index is -0.448. The Bertz CT molecular complexity index is 50.5. The van der Waals surface area contributed by atoms with Crippen LogP contribution >= 0.6 is 22.2 Å². The highest BCUT2D eigenvalue weighted by molar-refractivity contribution is 7.02. The second-order valence-electron chi connectivity index (χ2n) is 1.63. The maximum Gasteiger partial charge on any atom is 0.192 e. The van der Waals surface area contributed by atoms with Gasteiger partial charge in [-0.1, -0.05) is 6.92 Å². The van der Waals surface area contributed by atoms with E-state index >= 15 is 0 Å². The van der Waals surface area contributed by atoms with Gasteiger partial charge in [0.2, 0.25) is 0 Å². The molecule has 0 fully saturated rings. The van der Waals surface area contributed by atoms with Gasteiger partial charge in [-0.25, -0.2) is 0 Å². The summed E-state index contributed by atoms with van der Waals surface area (Å²) in [7, 11) is -0.895. The Morgan fingerprint density at radius 3 is 2.00 bits per heavy atom. The zero-order valence-electron chi connectivity index (χ0n) is 5.03. The summed E-state index contributed by atoms with van der Waals surface area (Å²) in [6.45, 7) is 3.26. The molecule has 0 saturated heterocycles. The van der Waals surface area contributed by atoms with Gasteiger partial charge < -0.3 is 4.23 Å². The summed E-state index contributed by atoms with van der Waals surface area (Å²) in [5.74, 6) is 0. The quantitative estimate of drug-likeness (QED) is 0.449. The third kappa shape index (κ3) is 3.91. The molecule has 0 aliphatic heterocycles. The fourth-order valence-corrected chi connectivity index (χ4v) is 4.61. The third-order valence-corrected chi connectivity index (χ3v) is 7.26. The third-order valence-electron chi connectivity index (χ3n) is 0.878. The van der Waals surface area contributed by atoms with Crippen molar-refractivity contribution in [1.29, 1.82) is 0 Å². The van der Waals surface area contributed by atoms with E-state index < -0.39 is 18.0 Å². The number of hydrogen-bond donors (Lipinski definition) is 0. The summed E-state index contributed by atoms with van der Waals surface area (Å²) in [6, 6.07) is 0. The van der Waals surface area contributed by atoms with Gasteiger partial charge in [-0.15, -0.1) is 0 Å². The Hall–Kier alpha value is 0.974. The molecule has 0 aromatic carbocycles. The summed E-state index contributed by atoms with van der Waals surface area (Å²) in [4.78, 5) is 0. The van der Waals surface area contributed by atoms with Gasteiger partial charge in [0.25, 0.3) is 0 Å². The summed E-state index contributed by atoms with van der Waals surface area (Å²) < 4.78 is 2.24. The maximum atomic E-state index is 5.66. The summed E-state index contributed by atoms with van der Waals surface area (Å²) >= 11 is 11.3. The molecule has 0 saturated carbocycles. The van der Waals surface area contributed by atoms with Crippen LogP contribution in [0, 0.1) is 0 Å². The van der Waals surface area contributed by atoms with Crippen molar-refractivity contribution in [2.45, 2.75) is 13.3 Å². The lowest BCUT2D eigenvalue weighted by Gasteiger charge is -2.12. The molecular formula is C3H11Cl2NSi2. The molecule has 0 aromatic rings. The molecule has 50 valence electrons. The molecule has 1 nitrogen and oxygen atoms in total. The topological polar surface area (TPSA) is 3.24 Å². The Balaban J connectivity index is 3.07.